The van der Waals surface area contributed by atoms with Crippen molar-refractivity contribution in [1.29, 1.82) is 0 Å². The van der Waals surface area contributed by atoms with Crippen molar-refractivity contribution >= 4 is 29.3 Å². The summed E-state index contributed by atoms with van der Waals surface area (Å²) in [5.41, 5.74) is 2.38. The molecular weight excluding hydrogens is 656 g/mol. The van der Waals surface area contributed by atoms with Crippen LogP contribution in [-0.2, 0) is 11.3 Å². The maximum absolute atomic E-state index is 14.4. The van der Waals surface area contributed by atoms with Crippen LogP contribution in [0.4, 0.5) is 16.2 Å². The van der Waals surface area contributed by atoms with Gasteiger partial charge in [-0.05, 0) is 88.2 Å². The van der Waals surface area contributed by atoms with Gasteiger partial charge in [0.15, 0.2) is 11.5 Å². The molecule has 51 heavy (non-hydrogen) atoms. The normalized spacial score (nSPS) is 20.2. The first kappa shape index (κ1) is 37.4. The van der Waals surface area contributed by atoms with E-state index in [1.165, 1.54) is 0 Å². The van der Waals surface area contributed by atoms with Crippen molar-refractivity contribution in [3.63, 3.8) is 0 Å². The zero-order chi connectivity index (χ0) is 36.5. The number of nitrogens with one attached hydrogen (secondary N) is 2. The summed E-state index contributed by atoms with van der Waals surface area (Å²) in [6.45, 7) is 7.66. The Morgan fingerprint density at radius 2 is 1.65 bits per heavy atom. The molecule has 5 rings (SSSR count). The van der Waals surface area contributed by atoms with Crippen LogP contribution in [0.5, 0.6) is 17.2 Å². The summed E-state index contributed by atoms with van der Waals surface area (Å²) in [6.07, 6.45) is 2.02. The summed E-state index contributed by atoms with van der Waals surface area (Å²) in [5, 5.41) is 25.1. The molecule has 0 fully saturated rings. The Morgan fingerprint density at radius 1 is 0.961 bits per heavy atom. The molecule has 0 saturated heterocycles. The third-order valence-electron chi connectivity index (χ3n) is 9.08. The van der Waals surface area contributed by atoms with Crippen LogP contribution in [0.2, 0.25) is 0 Å². The molecule has 2 aliphatic heterocycles. The Balaban J connectivity index is 1.35. The van der Waals surface area contributed by atoms with Gasteiger partial charge in [-0.2, -0.15) is 0 Å². The van der Waals surface area contributed by atoms with Crippen molar-refractivity contribution in [2.24, 2.45) is 5.92 Å². The number of carboxylic acid groups (broad SMARTS) is 1. The predicted octanol–water partition coefficient (Wildman–Crippen LogP) is 5.69. The number of fused-ring (bicyclic) bond motifs is 2. The molecule has 2 heterocycles. The number of ether oxygens (including phenoxy) is 4. The van der Waals surface area contributed by atoms with Crippen LogP contribution in [0.3, 0.4) is 0 Å². The van der Waals surface area contributed by atoms with Gasteiger partial charge in [-0.25, -0.2) is 9.59 Å². The number of nitrogens with zero attached hydrogens (tertiary/aromatic N) is 2. The Morgan fingerprint density at radius 3 is 2.35 bits per heavy atom. The van der Waals surface area contributed by atoms with Crippen molar-refractivity contribution in [1.82, 2.24) is 9.80 Å². The Kier molecular flexibility index (Phi) is 12.8. The number of carboxylic acids is 1. The zero-order valence-corrected chi connectivity index (χ0v) is 29.6. The maximum atomic E-state index is 14.4. The molecule has 0 aromatic heterocycles. The minimum Gasteiger partial charge on any atom is -0.490 e. The molecule has 13 heteroatoms. The molecule has 3 aromatic rings. The summed E-state index contributed by atoms with van der Waals surface area (Å²) in [7, 11) is 1.98. The van der Waals surface area contributed by atoms with Crippen LogP contribution in [0.15, 0.2) is 60.7 Å². The van der Waals surface area contributed by atoms with E-state index >= 15 is 0 Å². The number of benzene rings is 3. The van der Waals surface area contributed by atoms with Crippen LogP contribution in [0, 0.1) is 5.92 Å². The quantitative estimate of drug-likeness (QED) is 0.218. The molecule has 0 bridgehead atoms. The fourth-order valence-corrected chi connectivity index (χ4v) is 6.17. The van der Waals surface area contributed by atoms with E-state index in [1.807, 2.05) is 33.0 Å². The lowest BCUT2D eigenvalue weighted by molar-refractivity contribution is -0.0177. The molecule has 2 aliphatic rings. The second kappa shape index (κ2) is 17.4. The van der Waals surface area contributed by atoms with Gasteiger partial charge in [0.05, 0.1) is 36.0 Å². The van der Waals surface area contributed by atoms with Crippen LogP contribution in [-0.4, -0.2) is 96.3 Å². The first-order valence-corrected chi connectivity index (χ1v) is 17.3. The fourth-order valence-electron chi connectivity index (χ4n) is 6.17. The van der Waals surface area contributed by atoms with Crippen molar-refractivity contribution in [2.45, 2.75) is 64.8 Å². The van der Waals surface area contributed by atoms with Crippen LogP contribution < -0.4 is 24.8 Å². The van der Waals surface area contributed by atoms with E-state index in [0.717, 1.165) is 24.8 Å². The summed E-state index contributed by atoms with van der Waals surface area (Å²) in [5.74, 6) is 0.108. The first-order chi connectivity index (χ1) is 24.5. The first-order valence-electron chi connectivity index (χ1n) is 17.3. The van der Waals surface area contributed by atoms with E-state index in [4.69, 9.17) is 18.9 Å². The number of rotatable bonds is 9. The number of hydrogen-bond acceptors (Lipinski definition) is 9. The van der Waals surface area contributed by atoms with E-state index in [2.05, 4.69) is 15.5 Å². The summed E-state index contributed by atoms with van der Waals surface area (Å²) in [6, 6.07) is 15.9. The number of hydrogen-bond donors (Lipinski definition) is 4. The lowest BCUT2D eigenvalue weighted by Crippen LogP contribution is -2.47. The van der Waals surface area contributed by atoms with E-state index < -0.39 is 18.0 Å². The monoisotopic (exact) mass is 704 g/mol. The van der Waals surface area contributed by atoms with Crippen molar-refractivity contribution < 1.29 is 43.5 Å². The van der Waals surface area contributed by atoms with Gasteiger partial charge >= 0.3 is 12.0 Å². The molecule has 0 aliphatic carbocycles. The van der Waals surface area contributed by atoms with Gasteiger partial charge in [-0.3, -0.25) is 9.69 Å². The van der Waals surface area contributed by atoms with Crippen molar-refractivity contribution in [3.05, 3.63) is 77.4 Å². The fraction of sp³-hybridized carbons (Fsp3) is 0.447. The molecule has 0 saturated carbocycles. The minimum absolute atomic E-state index is 0.122. The van der Waals surface area contributed by atoms with Crippen LogP contribution in [0.25, 0.3) is 0 Å². The molecule has 4 N–H and O–H groups in total. The number of aliphatic hydroxyl groups excluding tert-OH is 1. The topological polar surface area (TPSA) is 159 Å². The number of aromatic carboxylic acids is 1. The van der Waals surface area contributed by atoms with Crippen molar-refractivity contribution in [3.8, 4) is 17.2 Å². The van der Waals surface area contributed by atoms with Gasteiger partial charge < -0.3 is 44.7 Å². The average molecular weight is 705 g/mol. The van der Waals surface area contributed by atoms with Gasteiger partial charge in [0.1, 0.15) is 5.75 Å². The molecule has 274 valence electrons. The van der Waals surface area contributed by atoms with Crippen molar-refractivity contribution in [2.75, 3.05) is 50.8 Å². The lowest BCUT2D eigenvalue weighted by atomic mass is 10.0. The maximum Gasteiger partial charge on any atom is 0.335 e. The summed E-state index contributed by atoms with van der Waals surface area (Å²) in [4.78, 5) is 42.5. The summed E-state index contributed by atoms with van der Waals surface area (Å²) < 4.78 is 23.5. The molecule has 0 spiro atoms. The van der Waals surface area contributed by atoms with E-state index in [9.17, 15) is 24.6 Å². The number of urea groups is 1. The molecule has 4 atom stereocenters. The number of carbonyl (C=O) groups excluding carboxylic acids is 2. The number of anilines is 2. The Labute approximate surface area is 298 Å². The second-order valence-electron chi connectivity index (χ2n) is 13.4. The number of amides is 3. The van der Waals surface area contributed by atoms with Crippen LogP contribution >= 0.6 is 0 Å². The highest BCUT2D eigenvalue weighted by molar-refractivity contribution is 6.02. The SMILES string of the molecule is C[C@@H]1CN([C@H](C)CO)C(=O)c2cc(NC(=O)Nc3ccc4c(c3)OCO4)ccc2O[C@@H](C)CCCCO[C@@H]1CN(C)Cc1ccc(C(=O)O)cc1. The molecule has 3 amide bonds. The van der Waals surface area contributed by atoms with Gasteiger partial charge in [-0.1, -0.05) is 19.1 Å². The van der Waals surface area contributed by atoms with Gasteiger partial charge in [-0.15, -0.1) is 0 Å². The van der Waals surface area contributed by atoms with Gasteiger partial charge in [0.25, 0.3) is 5.91 Å². The summed E-state index contributed by atoms with van der Waals surface area (Å²) >= 11 is 0. The largest absolute Gasteiger partial charge is 0.490 e. The Hall–Kier alpha value is -4.85. The van der Waals surface area contributed by atoms with Gasteiger partial charge in [0.2, 0.25) is 6.79 Å². The number of carbonyl (C=O) groups is 3. The van der Waals surface area contributed by atoms with E-state index in [0.29, 0.717) is 54.9 Å². The zero-order valence-electron chi connectivity index (χ0n) is 29.6. The smallest absolute Gasteiger partial charge is 0.335 e. The van der Waals surface area contributed by atoms with Gasteiger partial charge in [0, 0.05) is 49.6 Å². The Bertz CT molecular complexity index is 1670. The average Bonchev–Trinajstić information content (AvgIpc) is 3.57. The third-order valence-corrected chi connectivity index (χ3v) is 9.08. The second-order valence-corrected chi connectivity index (χ2v) is 13.4. The number of aliphatic hydroxyl groups is 1. The lowest BCUT2D eigenvalue weighted by Gasteiger charge is -2.36. The molecule has 13 nitrogen and oxygen atoms in total. The van der Waals surface area contributed by atoms with E-state index in [-0.39, 0.29) is 48.6 Å². The molecule has 0 radical (unpaired) electrons. The standard InChI is InChI=1S/C38H48N4O9/c1-24-19-42(25(2)22-43)36(44)31-17-29(39-38(47)40-30-13-15-33-34(18-30)50-23-49-33)12-14-32(31)51-26(3)7-5-6-16-48-35(24)21-41(4)20-27-8-10-28(11-9-27)37(45)46/h8-15,17-18,24-26,35,43H,5-7,16,19-23H2,1-4H3,(H,45,46)(H2,39,40,47)/t24-,25-,26+,35-/m1/s1. The highest BCUT2D eigenvalue weighted by Crippen LogP contribution is 2.34. The third kappa shape index (κ3) is 10.1. The highest BCUT2D eigenvalue weighted by atomic mass is 16.7. The molecule has 0 unspecified atom stereocenters. The molecular formula is C38H48N4O9. The van der Waals surface area contributed by atoms with E-state index in [1.54, 1.807) is 60.4 Å². The predicted molar refractivity (Wildman–Crippen MR) is 192 cm³/mol. The minimum atomic E-state index is -0.966. The van der Waals surface area contributed by atoms with Crippen LogP contribution in [0.1, 0.15) is 66.3 Å². The highest BCUT2D eigenvalue weighted by Gasteiger charge is 2.30. The number of likely N-dealkylation sites (N-methyl/N-ethyl adjacent to an activating group) is 1. The molecule has 3 aromatic carbocycles.